The number of carbonyl (C=O) groups is 1. The normalized spacial score (nSPS) is 24.6. The van der Waals surface area contributed by atoms with Crippen molar-refractivity contribution in [1.29, 1.82) is 0 Å². The lowest BCUT2D eigenvalue weighted by molar-refractivity contribution is -0.118. The molecule has 0 radical (unpaired) electrons. The Kier molecular flexibility index (Phi) is 7.42. The Morgan fingerprint density at radius 2 is 1.70 bits per heavy atom. The highest BCUT2D eigenvalue weighted by Crippen LogP contribution is 2.29. The minimum atomic E-state index is -3.53. The Balaban J connectivity index is 1.95. The molecule has 152 valence electrons. The van der Waals surface area contributed by atoms with Crippen LogP contribution in [-0.2, 0) is 14.8 Å². The van der Waals surface area contributed by atoms with Crippen LogP contribution in [0, 0.1) is 11.8 Å². The maximum absolute atomic E-state index is 12.5. The van der Waals surface area contributed by atoms with Gasteiger partial charge in [0, 0.05) is 17.8 Å². The van der Waals surface area contributed by atoms with Crippen molar-refractivity contribution in [3.05, 3.63) is 24.3 Å². The van der Waals surface area contributed by atoms with Gasteiger partial charge in [0.25, 0.3) is 0 Å². The lowest BCUT2D eigenvalue weighted by atomic mass is 9.78. The molecular weight excluding hydrogens is 362 g/mol. The highest BCUT2D eigenvalue weighted by Gasteiger charge is 2.29. The second-order valence-corrected chi connectivity index (χ2v) is 9.77. The zero-order chi connectivity index (χ0) is 20.2. The summed E-state index contributed by atoms with van der Waals surface area (Å²) >= 11 is 0. The third-order valence-corrected chi connectivity index (χ3v) is 7.06. The molecule has 1 amide bonds. The van der Waals surface area contributed by atoms with Crippen molar-refractivity contribution in [2.75, 3.05) is 5.32 Å². The summed E-state index contributed by atoms with van der Waals surface area (Å²) in [5, 5.41) is 6.32. The standard InChI is InChI=1S/C20H33N3O3S/c1-13(2)23-27(25,26)18-11-9-17(10-12-18)22-20(24)16(5)21-19-8-6-7-14(3)15(19)4/h9-16,19,21,23H,6-8H2,1-5H3,(H,22,24)/t14-,15-,16+,19-/m1/s1. The fourth-order valence-corrected chi connectivity index (χ4v) is 4.81. The van der Waals surface area contributed by atoms with Crippen LogP contribution in [0.5, 0.6) is 0 Å². The first-order valence-corrected chi connectivity index (χ1v) is 11.3. The minimum Gasteiger partial charge on any atom is -0.325 e. The van der Waals surface area contributed by atoms with Gasteiger partial charge in [-0.1, -0.05) is 26.7 Å². The van der Waals surface area contributed by atoms with Crippen LogP contribution < -0.4 is 15.4 Å². The van der Waals surface area contributed by atoms with Crippen LogP contribution >= 0.6 is 0 Å². The maximum Gasteiger partial charge on any atom is 0.241 e. The Morgan fingerprint density at radius 3 is 2.30 bits per heavy atom. The number of anilines is 1. The van der Waals surface area contributed by atoms with Gasteiger partial charge in [0.05, 0.1) is 10.9 Å². The molecule has 1 aromatic rings. The van der Waals surface area contributed by atoms with E-state index in [4.69, 9.17) is 0 Å². The average molecular weight is 396 g/mol. The van der Waals surface area contributed by atoms with Crippen molar-refractivity contribution >= 4 is 21.6 Å². The van der Waals surface area contributed by atoms with Gasteiger partial charge in [-0.2, -0.15) is 0 Å². The van der Waals surface area contributed by atoms with Crippen LogP contribution in [0.1, 0.15) is 53.9 Å². The average Bonchev–Trinajstić information content (AvgIpc) is 2.58. The van der Waals surface area contributed by atoms with Crippen LogP contribution in [0.2, 0.25) is 0 Å². The quantitative estimate of drug-likeness (QED) is 0.662. The van der Waals surface area contributed by atoms with E-state index in [1.54, 1.807) is 26.0 Å². The van der Waals surface area contributed by atoms with Gasteiger partial charge < -0.3 is 10.6 Å². The summed E-state index contributed by atoms with van der Waals surface area (Å²) in [7, 11) is -3.53. The van der Waals surface area contributed by atoms with Crippen LogP contribution in [0.15, 0.2) is 29.2 Å². The highest BCUT2D eigenvalue weighted by atomic mass is 32.2. The van der Waals surface area contributed by atoms with E-state index >= 15 is 0 Å². The van der Waals surface area contributed by atoms with Gasteiger partial charge in [-0.25, -0.2) is 13.1 Å². The monoisotopic (exact) mass is 395 g/mol. The molecule has 7 heteroatoms. The van der Waals surface area contributed by atoms with Crippen molar-refractivity contribution in [3.63, 3.8) is 0 Å². The van der Waals surface area contributed by atoms with Gasteiger partial charge in [-0.3, -0.25) is 4.79 Å². The molecule has 6 nitrogen and oxygen atoms in total. The molecule has 0 saturated heterocycles. The lowest BCUT2D eigenvalue weighted by Crippen LogP contribution is -2.49. The number of rotatable bonds is 7. The molecule has 0 unspecified atom stereocenters. The molecule has 0 bridgehead atoms. The Labute approximate surface area is 163 Å². The molecule has 1 fully saturated rings. The summed E-state index contributed by atoms with van der Waals surface area (Å²) in [6.07, 6.45) is 3.54. The summed E-state index contributed by atoms with van der Waals surface area (Å²) in [5.74, 6) is 1.10. The number of carbonyl (C=O) groups excluding carboxylic acids is 1. The smallest absolute Gasteiger partial charge is 0.241 e. The van der Waals surface area contributed by atoms with E-state index in [0.717, 1.165) is 6.42 Å². The molecule has 1 saturated carbocycles. The first-order chi connectivity index (χ1) is 12.6. The second-order valence-electron chi connectivity index (χ2n) is 8.05. The molecule has 0 heterocycles. The topological polar surface area (TPSA) is 87.3 Å². The van der Waals surface area contributed by atoms with Gasteiger partial charge in [-0.05, 0) is 63.3 Å². The molecule has 1 aromatic carbocycles. The number of hydrogen-bond acceptors (Lipinski definition) is 4. The van der Waals surface area contributed by atoms with E-state index in [1.165, 1.54) is 25.0 Å². The van der Waals surface area contributed by atoms with Crippen molar-refractivity contribution in [1.82, 2.24) is 10.0 Å². The molecule has 0 spiro atoms. The van der Waals surface area contributed by atoms with Crippen LogP contribution in [0.25, 0.3) is 0 Å². The molecule has 0 aliphatic heterocycles. The molecule has 2 rings (SSSR count). The van der Waals surface area contributed by atoms with Gasteiger partial charge >= 0.3 is 0 Å². The lowest BCUT2D eigenvalue weighted by Gasteiger charge is -2.36. The van der Waals surface area contributed by atoms with E-state index in [2.05, 4.69) is 29.2 Å². The summed E-state index contributed by atoms with van der Waals surface area (Å²) in [6.45, 7) is 9.93. The third kappa shape index (κ3) is 6.02. The van der Waals surface area contributed by atoms with Crippen molar-refractivity contribution < 1.29 is 13.2 Å². The summed E-state index contributed by atoms with van der Waals surface area (Å²) in [4.78, 5) is 12.7. The maximum atomic E-state index is 12.5. The molecule has 1 aliphatic rings. The van der Waals surface area contributed by atoms with Crippen molar-refractivity contribution in [2.24, 2.45) is 11.8 Å². The fourth-order valence-electron chi connectivity index (χ4n) is 3.56. The summed E-state index contributed by atoms with van der Waals surface area (Å²) in [5.41, 5.74) is 0.585. The predicted octanol–water partition coefficient (Wildman–Crippen LogP) is 3.11. The van der Waals surface area contributed by atoms with Crippen LogP contribution in [0.4, 0.5) is 5.69 Å². The predicted molar refractivity (Wildman–Crippen MR) is 109 cm³/mol. The van der Waals surface area contributed by atoms with Gasteiger partial charge in [0.15, 0.2) is 0 Å². The number of sulfonamides is 1. The van der Waals surface area contributed by atoms with Crippen LogP contribution in [0.3, 0.4) is 0 Å². The third-order valence-electron chi connectivity index (χ3n) is 5.39. The molecule has 4 atom stereocenters. The Morgan fingerprint density at radius 1 is 1.07 bits per heavy atom. The van der Waals surface area contributed by atoms with Crippen LogP contribution in [-0.4, -0.2) is 32.5 Å². The number of hydrogen-bond donors (Lipinski definition) is 3. The molecule has 3 N–H and O–H groups in total. The highest BCUT2D eigenvalue weighted by molar-refractivity contribution is 7.89. The Bertz CT molecular complexity index is 731. The second kappa shape index (κ2) is 9.17. The number of amides is 1. The van der Waals surface area contributed by atoms with Gasteiger partial charge in [0.2, 0.25) is 15.9 Å². The number of nitrogens with one attached hydrogen (secondary N) is 3. The van der Waals surface area contributed by atoms with E-state index in [1.807, 2.05) is 6.92 Å². The molecule has 1 aliphatic carbocycles. The van der Waals surface area contributed by atoms with Gasteiger partial charge in [-0.15, -0.1) is 0 Å². The Hall–Kier alpha value is -1.44. The van der Waals surface area contributed by atoms with E-state index in [-0.39, 0.29) is 22.9 Å². The zero-order valence-electron chi connectivity index (χ0n) is 17.0. The van der Waals surface area contributed by atoms with Gasteiger partial charge in [0.1, 0.15) is 0 Å². The summed E-state index contributed by atoms with van der Waals surface area (Å²) in [6, 6.07) is 6.10. The van der Waals surface area contributed by atoms with E-state index < -0.39 is 10.0 Å². The van der Waals surface area contributed by atoms with E-state index in [9.17, 15) is 13.2 Å². The first-order valence-electron chi connectivity index (χ1n) is 9.79. The zero-order valence-corrected chi connectivity index (χ0v) is 17.8. The number of benzene rings is 1. The molecule has 0 aromatic heterocycles. The molecular formula is C20H33N3O3S. The minimum absolute atomic E-state index is 0.115. The summed E-state index contributed by atoms with van der Waals surface area (Å²) < 4.78 is 26.9. The van der Waals surface area contributed by atoms with Crippen molar-refractivity contribution in [2.45, 2.75) is 76.9 Å². The molecule has 27 heavy (non-hydrogen) atoms. The SMILES string of the molecule is CC(C)NS(=O)(=O)c1ccc(NC(=O)[C@H](C)N[C@@H]2CCC[C@@H](C)[C@H]2C)cc1. The fraction of sp³-hybridized carbons (Fsp3) is 0.650. The largest absolute Gasteiger partial charge is 0.325 e. The van der Waals surface area contributed by atoms with Crippen molar-refractivity contribution in [3.8, 4) is 0 Å². The first kappa shape index (κ1) is 21.9. The van der Waals surface area contributed by atoms with E-state index in [0.29, 0.717) is 23.6 Å².